The molecule has 2 aromatic rings. The van der Waals surface area contributed by atoms with Crippen molar-refractivity contribution >= 4 is 9.84 Å². The molecule has 0 radical (unpaired) electrons. The molecule has 120 valence electrons. The van der Waals surface area contributed by atoms with E-state index < -0.39 is 9.84 Å². The highest BCUT2D eigenvalue weighted by atomic mass is 32.2. The predicted molar refractivity (Wildman–Crippen MR) is 81.8 cm³/mol. The second-order valence-electron chi connectivity index (χ2n) is 5.92. The minimum Gasteiger partial charge on any atom is -0.314 e. The second-order valence-corrected chi connectivity index (χ2v) is 7.99. The third kappa shape index (κ3) is 3.06. The van der Waals surface area contributed by atoms with Gasteiger partial charge < -0.3 is 4.57 Å². The molecular formula is C14H21N5O2S. The van der Waals surface area contributed by atoms with Gasteiger partial charge in [-0.25, -0.2) is 8.42 Å². The van der Waals surface area contributed by atoms with Crippen LogP contribution < -0.4 is 0 Å². The van der Waals surface area contributed by atoms with Gasteiger partial charge in [-0.3, -0.25) is 4.68 Å². The molecule has 22 heavy (non-hydrogen) atoms. The Balaban J connectivity index is 1.82. The summed E-state index contributed by atoms with van der Waals surface area (Å²) in [6.07, 6.45) is 5.88. The van der Waals surface area contributed by atoms with Crippen LogP contribution in [0.25, 0.3) is 0 Å². The lowest BCUT2D eigenvalue weighted by Crippen LogP contribution is -2.15. The van der Waals surface area contributed by atoms with Crippen molar-refractivity contribution < 1.29 is 8.42 Å². The molecule has 0 saturated carbocycles. The molecule has 0 saturated heterocycles. The maximum atomic E-state index is 12.5. The number of nitrogens with zero attached hydrogens (tertiary/aromatic N) is 5. The summed E-state index contributed by atoms with van der Waals surface area (Å²) in [6.45, 7) is 2.69. The van der Waals surface area contributed by atoms with E-state index in [0.717, 1.165) is 49.3 Å². The third-order valence-electron chi connectivity index (χ3n) is 4.16. The van der Waals surface area contributed by atoms with Crippen LogP contribution in [0, 0.1) is 6.92 Å². The topological polar surface area (TPSA) is 82.7 Å². The summed E-state index contributed by atoms with van der Waals surface area (Å²) in [4.78, 5) is 0. The minimum absolute atomic E-state index is 0.0163. The Bertz CT molecular complexity index is 756. The highest BCUT2D eigenvalue weighted by molar-refractivity contribution is 7.89. The Kier molecular flexibility index (Phi) is 4.03. The first-order valence-electron chi connectivity index (χ1n) is 7.55. The summed E-state index contributed by atoms with van der Waals surface area (Å²) < 4.78 is 28.6. The van der Waals surface area contributed by atoms with Gasteiger partial charge in [0.25, 0.3) is 0 Å². The van der Waals surface area contributed by atoms with Crippen molar-refractivity contribution in [2.45, 2.75) is 50.7 Å². The molecule has 0 aromatic carbocycles. The van der Waals surface area contributed by atoms with Crippen molar-refractivity contribution in [1.82, 2.24) is 24.5 Å². The number of aryl methyl sites for hydroxylation is 3. The summed E-state index contributed by atoms with van der Waals surface area (Å²) in [5, 5.41) is 12.4. The lowest BCUT2D eigenvalue weighted by Gasteiger charge is -2.08. The molecule has 3 heterocycles. The number of fused-ring (bicyclic) bond motifs is 1. The molecule has 0 N–H and O–H groups in total. The molecule has 1 aliphatic heterocycles. The zero-order chi connectivity index (χ0) is 15.7. The Hall–Kier alpha value is -1.70. The Morgan fingerprint density at radius 3 is 2.73 bits per heavy atom. The quantitative estimate of drug-likeness (QED) is 0.843. The van der Waals surface area contributed by atoms with E-state index in [4.69, 9.17) is 0 Å². The molecule has 1 aliphatic rings. The van der Waals surface area contributed by atoms with Gasteiger partial charge >= 0.3 is 0 Å². The van der Waals surface area contributed by atoms with Crippen LogP contribution in [0.4, 0.5) is 0 Å². The van der Waals surface area contributed by atoms with Crippen molar-refractivity contribution in [3.63, 3.8) is 0 Å². The largest absolute Gasteiger partial charge is 0.314 e. The molecule has 0 aliphatic carbocycles. The van der Waals surface area contributed by atoms with Gasteiger partial charge in [0.15, 0.2) is 9.84 Å². The standard InChI is InChI=1S/C14H21N5O2S/c1-11-8-15-18(2)12(11)9-22(20,21)10-14-17-16-13-6-4-3-5-7-19(13)14/h8H,3-7,9-10H2,1-2H3. The molecular weight excluding hydrogens is 302 g/mol. The zero-order valence-corrected chi connectivity index (χ0v) is 13.8. The molecule has 3 rings (SSSR count). The first-order valence-corrected chi connectivity index (χ1v) is 9.37. The summed E-state index contributed by atoms with van der Waals surface area (Å²) >= 11 is 0. The third-order valence-corrected chi connectivity index (χ3v) is 5.57. The van der Waals surface area contributed by atoms with Crippen molar-refractivity contribution in [1.29, 1.82) is 0 Å². The highest BCUT2D eigenvalue weighted by Gasteiger charge is 2.22. The highest BCUT2D eigenvalue weighted by Crippen LogP contribution is 2.18. The summed E-state index contributed by atoms with van der Waals surface area (Å²) in [7, 11) is -1.54. The van der Waals surface area contributed by atoms with Crippen molar-refractivity contribution in [2.75, 3.05) is 0 Å². The first kappa shape index (κ1) is 15.2. The van der Waals surface area contributed by atoms with Gasteiger partial charge in [-0.15, -0.1) is 10.2 Å². The van der Waals surface area contributed by atoms with Gasteiger partial charge in [-0.1, -0.05) is 6.42 Å². The van der Waals surface area contributed by atoms with Crippen LogP contribution in [0.1, 0.15) is 42.2 Å². The van der Waals surface area contributed by atoms with E-state index >= 15 is 0 Å². The second kappa shape index (κ2) is 5.83. The fourth-order valence-electron chi connectivity index (χ4n) is 2.89. The van der Waals surface area contributed by atoms with E-state index in [2.05, 4.69) is 15.3 Å². The molecule has 0 spiro atoms. The van der Waals surface area contributed by atoms with E-state index in [0.29, 0.717) is 5.82 Å². The molecule has 0 fully saturated rings. The minimum atomic E-state index is -3.30. The number of aromatic nitrogens is 5. The van der Waals surface area contributed by atoms with E-state index in [1.807, 2.05) is 11.5 Å². The summed E-state index contributed by atoms with van der Waals surface area (Å²) in [6, 6.07) is 0. The van der Waals surface area contributed by atoms with Gasteiger partial charge in [0, 0.05) is 20.0 Å². The molecule has 7 nitrogen and oxygen atoms in total. The molecule has 0 unspecified atom stereocenters. The van der Waals surface area contributed by atoms with E-state index in [1.165, 1.54) is 0 Å². The van der Waals surface area contributed by atoms with Gasteiger partial charge in [-0.2, -0.15) is 5.10 Å². The normalized spacial score (nSPS) is 15.5. The maximum Gasteiger partial charge on any atom is 0.163 e. The van der Waals surface area contributed by atoms with E-state index in [-0.39, 0.29) is 11.5 Å². The Morgan fingerprint density at radius 1 is 1.18 bits per heavy atom. The Morgan fingerprint density at radius 2 is 2.00 bits per heavy atom. The van der Waals surface area contributed by atoms with Crippen LogP contribution in [0.15, 0.2) is 6.20 Å². The molecule has 0 atom stereocenters. The lowest BCUT2D eigenvalue weighted by atomic mass is 10.2. The summed E-state index contributed by atoms with van der Waals surface area (Å²) in [5.41, 5.74) is 1.63. The van der Waals surface area contributed by atoms with Crippen molar-refractivity contribution in [3.8, 4) is 0 Å². The van der Waals surface area contributed by atoms with E-state index in [1.54, 1.807) is 17.9 Å². The molecule has 0 amide bonds. The number of hydrogen-bond donors (Lipinski definition) is 0. The lowest BCUT2D eigenvalue weighted by molar-refractivity contribution is 0.580. The first-order chi connectivity index (χ1) is 10.5. The number of rotatable bonds is 4. The Labute approximate surface area is 130 Å². The van der Waals surface area contributed by atoms with Crippen LogP contribution in [-0.2, 0) is 41.4 Å². The maximum absolute atomic E-state index is 12.5. The summed E-state index contributed by atoms with van der Waals surface area (Å²) in [5.74, 6) is 1.40. The van der Waals surface area contributed by atoms with Crippen LogP contribution >= 0.6 is 0 Å². The van der Waals surface area contributed by atoms with Crippen LogP contribution in [0.2, 0.25) is 0 Å². The smallest absolute Gasteiger partial charge is 0.163 e. The van der Waals surface area contributed by atoms with Crippen LogP contribution in [0.3, 0.4) is 0 Å². The molecule has 2 aromatic heterocycles. The fourth-order valence-corrected chi connectivity index (χ4v) is 4.43. The van der Waals surface area contributed by atoms with Gasteiger partial charge in [0.1, 0.15) is 17.4 Å². The fraction of sp³-hybridized carbons (Fsp3) is 0.643. The van der Waals surface area contributed by atoms with Gasteiger partial charge in [-0.05, 0) is 25.3 Å². The van der Waals surface area contributed by atoms with Gasteiger partial charge in [0.2, 0.25) is 0 Å². The van der Waals surface area contributed by atoms with Crippen LogP contribution in [-0.4, -0.2) is 33.0 Å². The number of sulfone groups is 1. The molecule has 0 bridgehead atoms. The van der Waals surface area contributed by atoms with Gasteiger partial charge in [0.05, 0.1) is 17.6 Å². The van der Waals surface area contributed by atoms with Crippen LogP contribution in [0.5, 0.6) is 0 Å². The SMILES string of the molecule is Cc1cnn(C)c1CS(=O)(=O)Cc1nnc2n1CCCCC2. The zero-order valence-electron chi connectivity index (χ0n) is 13.0. The average molecular weight is 323 g/mol. The average Bonchev–Trinajstić information content (AvgIpc) is 2.86. The predicted octanol–water partition coefficient (Wildman–Crippen LogP) is 1.16. The molecule has 8 heteroatoms. The monoisotopic (exact) mass is 323 g/mol. The van der Waals surface area contributed by atoms with E-state index in [9.17, 15) is 8.42 Å². The van der Waals surface area contributed by atoms with Crippen molar-refractivity contribution in [2.24, 2.45) is 7.05 Å². The number of hydrogen-bond acceptors (Lipinski definition) is 5. The van der Waals surface area contributed by atoms with Crippen molar-refractivity contribution in [3.05, 3.63) is 29.1 Å².